The molecule has 162 valence electrons. The SMILES string of the molecule is CCOc1ccc(C2(CNC(=O)Cn3c(=O)cnc4ccccc43)CCOCC2)cc1. The van der Waals surface area contributed by atoms with Gasteiger partial charge in [-0.15, -0.1) is 0 Å². The van der Waals surface area contributed by atoms with Gasteiger partial charge in [-0.1, -0.05) is 24.3 Å². The third kappa shape index (κ3) is 4.61. The maximum absolute atomic E-state index is 12.8. The van der Waals surface area contributed by atoms with Crippen molar-refractivity contribution in [3.05, 3.63) is 70.6 Å². The summed E-state index contributed by atoms with van der Waals surface area (Å²) in [5.74, 6) is 0.636. The number of rotatable bonds is 7. The lowest BCUT2D eigenvalue weighted by Crippen LogP contribution is -2.45. The van der Waals surface area contributed by atoms with Gasteiger partial charge in [0, 0.05) is 25.2 Å². The highest BCUT2D eigenvalue weighted by molar-refractivity contribution is 5.80. The van der Waals surface area contributed by atoms with Crippen molar-refractivity contribution in [2.45, 2.75) is 31.7 Å². The lowest BCUT2D eigenvalue weighted by atomic mass is 9.74. The smallest absolute Gasteiger partial charge is 0.269 e. The summed E-state index contributed by atoms with van der Waals surface area (Å²) >= 11 is 0. The van der Waals surface area contributed by atoms with Gasteiger partial charge in [0.2, 0.25) is 5.91 Å². The number of carbonyl (C=O) groups is 1. The van der Waals surface area contributed by atoms with Crippen molar-refractivity contribution < 1.29 is 14.3 Å². The van der Waals surface area contributed by atoms with Crippen LogP contribution in [-0.2, 0) is 21.5 Å². The molecule has 1 aliphatic heterocycles. The second kappa shape index (κ2) is 9.31. The van der Waals surface area contributed by atoms with E-state index in [1.54, 1.807) is 6.07 Å². The minimum Gasteiger partial charge on any atom is -0.494 e. The molecule has 7 heteroatoms. The standard InChI is InChI=1S/C24H27N3O4/c1-2-31-19-9-7-18(8-10-19)24(11-13-30-14-12-24)17-26-22(28)16-27-21-6-4-3-5-20(21)25-15-23(27)29/h3-10,15H,2,11-14,16-17H2,1H3,(H,26,28). The average Bonchev–Trinajstić information content (AvgIpc) is 2.81. The average molecular weight is 421 g/mol. The Balaban J connectivity index is 1.51. The summed E-state index contributed by atoms with van der Waals surface area (Å²) in [7, 11) is 0. The summed E-state index contributed by atoms with van der Waals surface area (Å²) in [4.78, 5) is 29.3. The van der Waals surface area contributed by atoms with Crippen LogP contribution >= 0.6 is 0 Å². The first-order valence-corrected chi connectivity index (χ1v) is 10.6. The summed E-state index contributed by atoms with van der Waals surface area (Å²) in [5, 5.41) is 3.07. The predicted molar refractivity (Wildman–Crippen MR) is 118 cm³/mol. The molecule has 4 rings (SSSR count). The molecule has 0 unspecified atom stereocenters. The molecular weight excluding hydrogens is 394 g/mol. The van der Waals surface area contributed by atoms with E-state index in [0.717, 1.165) is 24.2 Å². The van der Waals surface area contributed by atoms with Crippen molar-refractivity contribution in [3.8, 4) is 5.75 Å². The molecule has 2 aromatic carbocycles. The highest BCUT2D eigenvalue weighted by Crippen LogP contribution is 2.35. The monoisotopic (exact) mass is 421 g/mol. The van der Waals surface area contributed by atoms with Gasteiger partial charge in [-0.3, -0.25) is 14.2 Å². The summed E-state index contributed by atoms with van der Waals surface area (Å²) in [6, 6.07) is 15.4. The zero-order chi connectivity index (χ0) is 21.7. The number of hydrogen-bond donors (Lipinski definition) is 1. The van der Waals surface area contributed by atoms with Gasteiger partial charge in [0.15, 0.2) is 0 Å². The number of aromatic nitrogens is 2. The van der Waals surface area contributed by atoms with Crippen molar-refractivity contribution in [1.29, 1.82) is 0 Å². The van der Waals surface area contributed by atoms with Crippen LogP contribution in [0.4, 0.5) is 0 Å². The highest BCUT2D eigenvalue weighted by Gasteiger charge is 2.35. The fraction of sp³-hybridized carbons (Fsp3) is 0.375. The molecule has 0 bridgehead atoms. The van der Waals surface area contributed by atoms with Crippen molar-refractivity contribution in [2.75, 3.05) is 26.4 Å². The van der Waals surface area contributed by atoms with Gasteiger partial charge in [-0.05, 0) is 49.6 Å². The molecule has 1 saturated heterocycles. The van der Waals surface area contributed by atoms with E-state index >= 15 is 0 Å². The van der Waals surface area contributed by atoms with E-state index in [2.05, 4.69) is 22.4 Å². The summed E-state index contributed by atoms with van der Waals surface area (Å²) in [6.45, 7) is 4.33. The predicted octanol–water partition coefficient (Wildman–Crippen LogP) is 2.66. The molecular formula is C24H27N3O4. The number of benzene rings is 2. The molecule has 2 heterocycles. The molecule has 0 atom stereocenters. The second-order valence-corrected chi connectivity index (χ2v) is 7.80. The van der Waals surface area contributed by atoms with E-state index < -0.39 is 0 Å². The summed E-state index contributed by atoms with van der Waals surface area (Å²) in [6.07, 6.45) is 2.90. The molecule has 3 aromatic rings. The van der Waals surface area contributed by atoms with E-state index in [1.807, 2.05) is 37.3 Å². The lowest BCUT2D eigenvalue weighted by Gasteiger charge is -2.38. The molecule has 0 spiro atoms. The Labute approximate surface area is 181 Å². The number of ether oxygens (including phenoxy) is 2. The van der Waals surface area contributed by atoms with E-state index in [-0.39, 0.29) is 23.4 Å². The number of fused-ring (bicyclic) bond motifs is 1. The number of nitrogens with one attached hydrogen (secondary N) is 1. The van der Waals surface area contributed by atoms with Crippen LogP contribution in [0, 0.1) is 0 Å². The fourth-order valence-corrected chi connectivity index (χ4v) is 4.15. The van der Waals surface area contributed by atoms with Crippen LogP contribution in [0.2, 0.25) is 0 Å². The van der Waals surface area contributed by atoms with Gasteiger partial charge in [0.05, 0.1) is 23.8 Å². The van der Waals surface area contributed by atoms with E-state index in [1.165, 1.54) is 10.8 Å². The first-order chi connectivity index (χ1) is 15.1. The minimum atomic E-state index is -0.291. The zero-order valence-corrected chi connectivity index (χ0v) is 17.7. The van der Waals surface area contributed by atoms with Crippen molar-refractivity contribution in [3.63, 3.8) is 0 Å². The Bertz CT molecular complexity index is 1100. The van der Waals surface area contributed by atoms with Crippen LogP contribution in [0.5, 0.6) is 5.75 Å². The Morgan fingerprint density at radius 2 is 1.90 bits per heavy atom. The Hall–Kier alpha value is -3.19. The van der Waals surface area contributed by atoms with Crippen LogP contribution in [0.1, 0.15) is 25.3 Å². The summed E-state index contributed by atoms with van der Waals surface area (Å²) < 4.78 is 12.6. The minimum absolute atomic E-state index is 0.0439. The van der Waals surface area contributed by atoms with Crippen LogP contribution in [0.15, 0.2) is 59.5 Å². The largest absolute Gasteiger partial charge is 0.494 e. The Morgan fingerprint density at radius 1 is 1.16 bits per heavy atom. The maximum Gasteiger partial charge on any atom is 0.269 e. The fourth-order valence-electron chi connectivity index (χ4n) is 4.15. The molecule has 1 fully saturated rings. The molecule has 0 radical (unpaired) electrons. The van der Waals surface area contributed by atoms with Gasteiger partial charge in [0.1, 0.15) is 12.3 Å². The third-order valence-electron chi connectivity index (χ3n) is 5.91. The second-order valence-electron chi connectivity index (χ2n) is 7.80. The Morgan fingerprint density at radius 3 is 2.65 bits per heavy atom. The summed E-state index contributed by atoms with van der Waals surface area (Å²) in [5.41, 5.74) is 2.00. The van der Waals surface area contributed by atoms with Crippen molar-refractivity contribution in [1.82, 2.24) is 14.9 Å². The number of para-hydroxylation sites is 2. The van der Waals surface area contributed by atoms with E-state index in [9.17, 15) is 9.59 Å². The molecule has 1 N–H and O–H groups in total. The van der Waals surface area contributed by atoms with Gasteiger partial charge < -0.3 is 14.8 Å². The lowest BCUT2D eigenvalue weighted by molar-refractivity contribution is -0.122. The van der Waals surface area contributed by atoms with E-state index in [4.69, 9.17) is 9.47 Å². The topological polar surface area (TPSA) is 82.5 Å². The van der Waals surface area contributed by atoms with E-state index in [0.29, 0.717) is 37.4 Å². The first-order valence-electron chi connectivity index (χ1n) is 10.6. The van der Waals surface area contributed by atoms with Gasteiger partial charge >= 0.3 is 0 Å². The van der Waals surface area contributed by atoms with Crippen LogP contribution < -0.4 is 15.6 Å². The maximum atomic E-state index is 12.8. The van der Waals surface area contributed by atoms with Crippen molar-refractivity contribution in [2.24, 2.45) is 0 Å². The number of hydrogen-bond acceptors (Lipinski definition) is 5. The molecule has 1 amide bonds. The van der Waals surface area contributed by atoms with Crippen LogP contribution in [0.25, 0.3) is 11.0 Å². The van der Waals surface area contributed by atoms with Gasteiger partial charge in [-0.2, -0.15) is 0 Å². The number of nitrogens with zero attached hydrogens (tertiary/aromatic N) is 2. The molecule has 0 aliphatic carbocycles. The highest BCUT2D eigenvalue weighted by atomic mass is 16.5. The molecule has 31 heavy (non-hydrogen) atoms. The van der Waals surface area contributed by atoms with Gasteiger partial charge in [0.25, 0.3) is 5.56 Å². The third-order valence-corrected chi connectivity index (χ3v) is 5.91. The normalized spacial score (nSPS) is 15.5. The van der Waals surface area contributed by atoms with Crippen LogP contribution in [-0.4, -0.2) is 41.8 Å². The molecule has 1 aliphatic rings. The van der Waals surface area contributed by atoms with Gasteiger partial charge in [-0.25, -0.2) is 4.98 Å². The first kappa shape index (κ1) is 21.1. The quantitative estimate of drug-likeness (QED) is 0.634. The number of amides is 1. The molecule has 7 nitrogen and oxygen atoms in total. The molecule has 1 aromatic heterocycles. The zero-order valence-electron chi connectivity index (χ0n) is 17.7. The molecule has 0 saturated carbocycles. The Kier molecular flexibility index (Phi) is 6.32. The number of carbonyl (C=O) groups excluding carboxylic acids is 1. The van der Waals surface area contributed by atoms with Crippen molar-refractivity contribution >= 4 is 16.9 Å². The van der Waals surface area contributed by atoms with Crippen LogP contribution in [0.3, 0.4) is 0 Å².